The van der Waals surface area contributed by atoms with E-state index < -0.39 is 0 Å². The van der Waals surface area contributed by atoms with Crippen molar-refractivity contribution in [3.05, 3.63) is 64.2 Å². The highest BCUT2D eigenvalue weighted by Crippen LogP contribution is 2.25. The van der Waals surface area contributed by atoms with Crippen molar-refractivity contribution in [1.29, 1.82) is 0 Å². The monoisotopic (exact) mass is 270 g/mol. The lowest BCUT2D eigenvalue weighted by atomic mass is 10.1. The van der Waals surface area contributed by atoms with Gasteiger partial charge < -0.3 is 9.84 Å². The van der Waals surface area contributed by atoms with Crippen molar-refractivity contribution in [2.24, 2.45) is 0 Å². The Labute approximate surface area is 118 Å². The Bertz CT molecular complexity index is 577. The summed E-state index contributed by atoms with van der Waals surface area (Å²) in [5.74, 6) is 0.821. The molecule has 0 fully saturated rings. The Morgan fingerprint density at radius 2 is 1.60 bits per heavy atom. The van der Waals surface area contributed by atoms with E-state index in [9.17, 15) is 4.79 Å². The fourth-order valence-corrected chi connectivity index (χ4v) is 2.18. The van der Waals surface area contributed by atoms with Crippen LogP contribution >= 0.6 is 0 Å². The molecule has 0 aromatic heterocycles. The molecule has 0 spiro atoms. The van der Waals surface area contributed by atoms with Gasteiger partial charge in [0, 0.05) is 5.56 Å². The zero-order chi connectivity index (χ0) is 14.5. The molecular weight excluding hydrogens is 252 g/mol. The molecule has 0 unspecified atom stereocenters. The maximum atomic E-state index is 10.8. The van der Waals surface area contributed by atoms with E-state index in [4.69, 9.17) is 9.84 Å². The fraction of sp³-hybridized carbons (Fsp3) is 0.235. The third-order valence-corrected chi connectivity index (χ3v) is 3.21. The molecule has 0 saturated heterocycles. The minimum Gasteiger partial charge on any atom is -0.488 e. The normalized spacial score (nSPS) is 10.3. The zero-order valence-electron chi connectivity index (χ0n) is 11.7. The number of carbonyl (C=O) groups is 1. The van der Waals surface area contributed by atoms with Crippen molar-refractivity contribution in [2.45, 2.75) is 27.1 Å². The molecule has 0 bridgehead atoms. The number of benzene rings is 2. The van der Waals surface area contributed by atoms with Gasteiger partial charge in [-0.25, -0.2) is 0 Å². The maximum Gasteiger partial charge on any atom is 0.150 e. The topological polar surface area (TPSA) is 46.5 Å². The first-order chi connectivity index (χ1) is 9.63. The first kappa shape index (κ1) is 14.3. The van der Waals surface area contributed by atoms with Crippen LogP contribution in [0.25, 0.3) is 0 Å². The molecule has 3 heteroatoms. The summed E-state index contributed by atoms with van der Waals surface area (Å²) in [6.07, 6.45) is 0.845. The summed E-state index contributed by atoms with van der Waals surface area (Å²) in [6, 6.07) is 11.3. The molecular formula is C17H18O3. The van der Waals surface area contributed by atoms with Crippen LogP contribution in [0, 0.1) is 13.8 Å². The summed E-state index contributed by atoms with van der Waals surface area (Å²) in [7, 11) is 0. The first-order valence-corrected chi connectivity index (χ1v) is 6.52. The average molecular weight is 270 g/mol. The molecule has 0 aliphatic heterocycles. The molecule has 0 amide bonds. The van der Waals surface area contributed by atoms with E-state index in [-0.39, 0.29) is 6.61 Å². The smallest absolute Gasteiger partial charge is 0.150 e. The molecule has 2 aromatic rings. The summed E-state index contributed by atoms with van der Waals surface area (Å²) < 4.78 is 5.85. The van der Waals surface area contributed by atoms with Gasteiger partial charge >= 0.3 is 0 Å². The third-order valence-electron chi connectivity index (χ3n) is 3.21. The number of rotatable bonds is 5. The van der Waals surface area contributed by atoms with Gasteiger partial charge in [0.2, 0.25) is 0 Å². The summed E-state index contributed by atoms with van der Waals surface area (Å²) in [6.45, 7) is 4.38. The standard InChI is InChI=1S/C17H18O3/c1-12-7-16(10-19)8-13(2)17(12)20-11-15-5-3-14(9-18)4-6-15/h3-8,10,18H,9,11H2,1-2H3. The number of hydrogen-bond donors (Lipinski definition) is 1. The van der Waals surface area contributed by atoms with Crippen molar-refractivity contribution in [3.8, 4) is 5.75 Å². The van der Waals surface area contributed by atoms with Crippen LogP contribution in [0.3, 0.4) is 0 Å². The van der Waals surface area contributed by atoms with Crippen LogP contribution in [-0.4, -0.2) is 11.4 Å². The highest BCUT2D eigenvalue weighted by Gasteiger charge is 2.06. The van der Waals surface area contributed by atoms with Crippen LogP contribution in [-0.2, 0) is 13.2 Å². The Balaban J connectivity index is 2.12. The Kier molecular flexibility index (Phi) is 4.53. The van der Waals surface area contributed by atoms with Gasteiger partial charge in [-0.05, 0) is 48.2 Å². The van der Waals surface area contributed by atoms with Crippen LogP contribution in [0.5, 0.6) is 5.75 Å². The van der Waals surface area contributed by atoms with Crippen LogP contribution in [0.4, 0.5) is 0 Å². The predicted molar refractivity (Wildman–Crippen MR) is 78.0 cm³/mol. The lowest BCUT2D eigenvalue weighted by Crippen LogP contribution is -2.00. The zero-order valence-corrected chi connectivity index (χ0v) is 11.7. The quantitative estimate of drug-likeness (QED) is 0.849. The third kappa shape index (κ3) is 3.25. The summed E-state index contributed by atoms with van der Waals surface area (Å²) in [5, 5.41) is 9.00. The molecule has 3 nitrogen and oxygen atoms in total. The second-order valence-corrected chi connectivity index (χ2v) is 4.86. The van der Waals surface area contributed by atoms with Gasteiger partial charge in [0.05, 0.1) is 6.61 Å². The van der Waals surface area contributed by atoms with Crippen LogP contribution < -0.4 is 4.74 Å². The molecule has 104 valence electrons. The highest BCUT2D eigenvalue weighted by molar-refractivity contribution is 5.76. The molecule has 2 aromatic carbocycles. The number of aldehydes is 1. The summed E-state index contributed by atoms with van der Waals surface area (Å²) in [5.41, 5.74) is 4.51. The molecule has 0 radical (unpaired) electrons. The minimum atomic E-state index is 0.0481. The van der Waals surface area contributed by atoms with Gasteiger partial charge in [0.15, 0.2) is 0 Å². The molecule has 2 rings (SSSR count). The lowest BCUT2D eigenvalue weighted by Gasteiger charge is -2.13. The van der Waals surface area contributed by atoms with Crippen molar-refractivity contribution >= 4 is 6.29 Å². The lowest BCUT2D eigenvalue weighted by molar-refractivity contribution is 0.112. The predicted octanol–water partition coefficient (Wildman–Crippen LogP) is 3.19. The number of carbonyl (C=O) groups excluding carboxylic acids is 1. The molecule has 0 atom stereocenters. The minimum absolute atomic E-state index is 0.0481. The van der Waals surface area contributed by atoms with E-state index in [1.54, 1.807) is 0 Å². The molecule has 0 saturated carbocycles. The maximum absolute atomic E-state index is 10.8. The SMILES string of the molecule is Cc1cc(C=O)cc(C)c1OCc1ccc(CO)cc1. The van der Waals surface area contributed by atoms with Gasteiger partial charge in [-0.3, -0.25) is 4.79 Å². The number of aliphatic hydroxyl groups is 1. The van der Waals surface area contributed by atoms with Gasteiger partial charge in [0.25, 0.3) is 0 Å². The Hall–Kier alpha value is -2.13. The Morgan fingerprint density at radius 1 is 1.05 bits per heavy atom. The first-order valence-electron chi connectivity index (χ1n) is 6.52. The van der Waals surface area contributed by atoms with Gasteiger partial charge in [0.1, 0.15) is 18.6 Å². The van der Waals surface area contributed by atoms with Gasteiger partial charge in [-0.15, -0.1) is 0 Å². The van der Waals surface area contributed by atoms with E-state index in [0.717, 1.165) is 34.3 Å². The summed E-state index contributed by atoms with van der Waals surface area (Å²) >= 11 is 0. The second kappa shape index (κ2) is 6.35. The van der Waals surface area contributed by atoms with Crippen molar-refractivity contribution in [2.75, 3.05) is 0 Å². The number of aryl methyl sites for hydroxylation is 2. The van der Waals surface area contributed by atoms with Gasteiger partial charge in [-0.2, -0.15) is 0 Å². The Morgan fingerprint density at radius 3 is 2.10 bits per heavy atom. The second-order valence-electron chi connectivity index (χ2n) is 4.86. The van der Waals surface area contributed by atoms with E-state index in [1.807, 2.05) is 50.2 Å². The molecule has 0 aliphatic rings. The van der Waals surface area contributed by atoms with Crippen LogP contribution in [0.2, 0.25) is 0 Å². The van der Waals surface area contributed by atoms with Gasteiger partial charge in [-0.1, -0.05) is 24.3 Å². The highest BCUT2D eigenvalue weighted by atomic mass is 16.5. The number of ether oxygens (including phenoxy) is 1. The van der Waals surface area contributed by atoms with Crippen LogP contribution in [0.15, 0.2) is 36.4 Å². The molecule has 0 aliphatic carbocycles. The summed E-state index contributed by atoms with van der Waals surface area (Å²) in [4.78, 5) is 10.8. The van der Waals surface area contributed by atoms with Crippen molar-refractivity contribution in [3.63, 3.8) is 0 Å². The van der Waals surface area contributed by atoms with Crippen LogP contribution in [0.1, 0.15) is 32.6 Å². The average Bonchev–Trinajstić information content (AvgIpc) is 2.46. The molecule has 20 heavy (non-hydrogen) atoms. The fourth-order valence-electron chi connectivity index (χ4n) is 2.18. The number of aliphatic hydroxyl groups excluding tert-OH is 1. The number of hydrogen-bond acceptors (Lipinski definition) is 3. The largest absolute Gasteiger partial charge is 0.488 e. The van der Waals surface area contributed by atoms with E-state index >= 15 is 0 Å². The van der Waals surface area contributed by atoms with E-state index in [1.165, 1.54) is 0 Å². The van der Waals surface area contributed by atoms with Crippen molar-refractivity contribution in [1.82, 2.24) is 0 Å². The molecule has 1 N–H and O–H groups in total. The van der Waals surface area contributed by atoms with E-state index in [0.29, 0.717) is 12.2 Å². The van der Waals surface area contributed by atoms with E-state index in [2.05, 4.69) is 0 Å². The van der Waals surface area contributed by atoms with Crippen molar-refractivity contribution < 1.29 is 14.6 Å². The molecule has 0 heterocycles.